The van der Waals surface area contributed by atoms with Crippen LogP contribution in [0.15, 0.2) is 68.1 Å². The quantitative estimate of drug-likeness (QED) is 0.105. The fraction of sp³-hybridized carbons (Fsp3) is 0.280. The Balaban J connectivity index is 1.26. The van der Waals surface area contributed by atoms with E-state index in [9.17, 15) is 5.21 Å². The highest BCUT2D eigenvalue weighted by Crippen LogP contribution is 2.42. The number of nitrogens with zero attached hydrogens (tertiary/aromatic N) is 6. The fourth-order valence-electron chi connectivity index (χ4n) is 5.30. The average Bonchev–Trinajstić information content (AvgIpc) is 3.73. The van der Waals surface area contributed by atoms with Crippen LogP contribution in [0.25, 0.3) is 0 Å². The van der Waals surface area contributed by atoms with Gasteiger partial charge in [0.25, 0.3) is 0 Å². The molecular weight excluding hydrogens is 504 g/mol. The van der Waals surface area contributed by atoms with Crippen molar-refractivity contribution in [2.24, 2.45) is 10.3 Å². The van der Waals surface area contributed by atoms with Gasteiger partial charge in [0.2, 0.25) is 0 Å². The number of anilines is 2. The maximum absolute atomic E-state index is 9.59. The van der Waals surface area contributed by atoms with Crippen LogP contribution >= 0.6 is 0 Å². The van der Waals surface area contributed by atoms with Crippen LogP contribution in [0.1, 0.15) is 77.5 Å². The Kier molecular flexibility index (Phi) is 6.19. The molecule has 200 valence electrons. The zero-order valence-electron chi connectivity index (χ0n) is 20.9. The van der Waals surface area contributed by atoms with Gasteiger partial charge >= 0.3 is 0 Å². The SMILES string of the molecule is C[C@H]1C[C@@H](N/C(=N\O[C@H]2C[C@H](N/C(=N\O)c3nonc3N)c3ccccc32)c2nonc2N)c2ccccc21. The van der Waals surface area contributed by atoms with Gasteiger partial charge in [0.15, 0.2) is 40.8 Å². The number of hydrogen-bond donors (Lipinski definition) is 5. The molecule has 2 heterocycles. The Bertz CT molecular complexity index is 1550. The van der Waals surface area contributed by atoms with Crippen LogP contribution in [0.2, 0.25) is 0 Å². The third-order valence-corrected chi connectivity index (χ3v) is 7.13. The third kappa shape index (κ3) is 4.45. The molecule has 2 aromatic heterocycles. The molecule has 4 atom stereocenters. The van der Waals surface area contributed by atoms with E-state index in [1.807, 2.05) is 36.4 Å². The van der Waals surface area contributed by atoms with Crippen molar-refractivity contribution in [3.63, 3.8) is 0 Å². The number of aromatic nitrogens is 4. The zero-order valence-corrected chi connectivity index (χ0v) is 20.9. The molecule has 14 heteroatoms. The van der Waals surface area contributed by atoms with Gasteiger partial charge in [-0.05, 0) is 49.7 Å². The van der Waals surface area contributed by atoms with Gasteiger partial charge in [0, 0.05) is 12.0 Å². The number of oxime groups is 2. The Hall–Kier alpha value is -5.14. The van der Waals surface area contributed by atoms with Gasteiger partial charge in [0.05, 0.1) is 12.1 Å². The summed E-state index contributed by atoms with van der Waals surface area (Å²) in [5.41, 5.74) is 16.5. The Morgan fingerprint density at radius 2 is 1.36 bits per heavy atom. The molecule has 0 unspecified atom stereocenters. The largest absolute Gasteiger partial charge is 0.409 e. The number of nitrogens with one attached hydrogen (secondary N) is 2. The first-order valence-corrected chi connectivity index (χ1v) is 12.4. The normalized spacial score (nSPS) is 22.4. The molecule has 2 aliphatic carbocycles. The molecule has 6 rings (SSSR count). The number of benzene rings is 2. The highest BCUT2D eigenvalue weighted by atomic mass is 16.6. The number of nitrogens with two attached hydrogens (primary N) is 2. The van der Waals surface area contributed by atoms with Gasteiger partial charge in [-0.2, -0.15) is 0 Å². The summed E-state index contributed by atoms with van der Waals surface area (Å²) in [5.74, 6) is 0.805. The van der Waals surface area contributed by atoms with Crippen molar-refractivity contribution in [2.45, 2.75) is 43.9 Å². The van der Waals surface area contributed by atoms with E-state index in [4.69, 9.17) is 20.9 Å². The van der Waals surface area contributed by atoms with Crippen LogP contribution in [-0.4, -0.2) is 37.5 Å². The van der Waals surface area contributed by atoms with Crippen LogP contribution in [0.4, 0.5) is 11.6 Å². The first-order chi connectivity index (χ1) is 19.0. The topological polar surface area (TPSA) is 208 Å². The van der Waals surface area contributed by atoms with Crippen molar-refractivity contribution in [3.8, 4) is 0 Å². The lowest BCUT2D eigenvalue weighted by Crippen LogP contribution is -2.30. The van der Waals surface area contributed by atoms with E-state index in [0.717, 1.165) is 17.5 Å². The summed E-state index contributed by atoms with van der Waals surface area (Å²) in [5, 5.41) is 38.9. The van der Waals surface area contributed by atoms with E-state index in [1.165, 1.54) is 11.1 Å². The minimum absolute atomic E-state index is 0.00341. The van der Waals surface area contributed by atoms with Crippen molar-refractivity contribution in [1.29, 1.82) is 0 Å². The van der Waals surface area contributed by atoms with Crippen molar-refractivity contribution < 1.29 is 19.3 Å². The number of hydrogen-bond acceptors (Lipinski definition) is 12. The lowest BCUT2D eigenvalue weighted by Gasteiger charge is -2.17. The Morgan fingerprint density at radius 1 is 0.821 bits per heavy atom. The van der Waals surface area contributed by atoms with Gasteiger partial charge in [0.1, 0.15) is 0 Å². The van der Waals surface area contributed by atoms with Gasteiger partial charge < -0.3 is 32.1 Å². The first kappa shape index (κ1) is 24.2. The molecule has 0 saturated carbocycles. The van der Waals surface area contributed by atoms with Gasteiger partial charge in [-0.15, -0.1) is 0 Å². The monoisotopic (exact) mass is 530 g/mol. The molecule has 4 aromatic rings. The summed E-state index contributed by atoms with van der Waals surface area (Å²) in [4.78, 5) is 6.10. The van der Waals surface area contributed by atoms with E-state index in [0.29, 0.717) is 18.2 Å². The molecule has 0 aliphatic heterocycles. The van der Waals surface area contributed by atoms with Crippen LogP contribution in [0.3, 0.4) is 0 Å². The molecule has 14 nitrogen and oxygen atoms in total. The minimum atomic E-state index is -0.445. The maximum Gasteiger partial charge on any atom is 0.199 e. The minimum Gasteiger partial charge on any atom is -0.409 e. The van der Waals surface area contributed by atoms with Gasteiger partial charge in [-0.25, -0.2) is 9.26 Å². The molecule has 0 amide bonds. The smallest absolute Gasteiger partial charge is 0.199 e. The van der Waals surface area contributed by atoms with Crippen LogP contribution < -0.4 is 22.1 Å². The molecule has 2 aliphatic rings. The summed E-state index contributed by atoms with van der Waals surface area (Å²) >= 11 is 0. The zero-order chi connectivity index (χ0) is 26.9. The number of nitrogen functional groups attached to an aromatic ring is 2. The van der Waals surface area contributed by atoms with Gasteiger partial charge in [-0.1, -0.05) is 65.8 Å². The lowest BCUT2D eigenvalue weighted by atomic mass is 10.0. The molecule has 0 radical (unpaired) electrons. The molecule has 0 spiro atoms. The highest BCUT2D eigenvalue weighted by molar-refractivity contribution is 6.01. The van der Waals surface area contributed by atoms with E-state index < -0.39 is 6.10 Å². The average molecular weight is 531 g/mol. The van der Waals surface area contributed by atoms with E-state index in [2.05, 4.69) is 65.3 Å². The van der Waals surface area contributed by atoms with Crippen molar-refractivity contribution >= 4 is 23.3 Å². The molecule has 2 aromatic carbocycles. The Morgan fingerprint density at radius 3 is 1.97 bits per heavy atom. The third-order valence-electron chi connectivity index (χ3n) is 7.13. The van der Waals surface area contributed by atoms with E-state index >= 15 is 0 Å². The number of amidine groups is 2. The fourth-order valence-corrected chi connectivity index (χ4v) is 5.30. The molecule has 39 heavy (non-hydrogen) atoms. The van der Waals surface area contributed by atoms with Crippen LogP contribution in [-0.2, 0) is 4.84 Å². The second-order valence-corrected chi connectivity index (χ2v) is 9.50. The van der Waals surface area contributed by atoms with E-state index in [1.54, 1.807) is 0 Å². The number of fused-ring (bicyclic) bond motifs is 2. The first-order valence-electron chi connectivity index (χ1n) is 12.4. The molecule has 0 fully saturated rings. The standard InChI is InChI=1S/C25H26N10O4/c1-12-10-17(14-7-3-2-6-13(12)14)29-25(21-23(27)34-39-32-21)35-37-19-11-18(15-8-4-5-9-16(15)19)28-24(30-36)20-22(26)33-38-31-20/h2-9,12,17-19,36H,10-11H2,1H3,(H2,26,33)(H2,27,34)(H,28,30)(H,29,35)/t12-,17+,18-,19-/m0/s1. The van der Waals surface area contributed by atoms with E-state index in [-0.39, 0.29) is 40.9 Å². The van der Waals surface area contributed by atoms with Crippen molar-refractivity contribution in [3.05, 3.63) is 82.2 Å². The van der Waals surface area contributed by atoms with Crippen LogP contribution in [0, 0.1) is 0 Å². The van der Waals surface area contributed by atoms with Crippen molar-refractivity contribution in [2.75, 3.05) is 11.5 Å². The summed E-state index contributed by atoms with van der Waals surface area (Å²) in [7, 11) is 0. The maximum atomic E-state index is 9.59. The predicted octanol–water partition coefficient (Wildman–Crippen LogP) is 2.75. The van der Waals surface area contributed by atoms with Gasteiger partial charge in [-0.3, -0.25) is 0 Å². The second kappa shape index (κ2) is 9.96. The summed E-state index contributed by atoms with van der Waals surface area (Å²) in [6.45, 7) is 2.19. The number of rotatable bonds is 6. The Labute approximate surface area is 222 Å². The van der Waals surface area contributed by atoms with Crippen molar-refractivity contribution in [1.82, 2.24) is 31.3 Å². The molecule has 0 saturated heterocycles. The lowest BCUT2D eigenvalue weighted by molar-refractivity contribution is 0.0546. The second-order valence-electron chi connectivity index (χ2n) is 9.50. The highest BCUT2D eigenvalue weighted by Gasteiger charge is 2.35. The van der Waals surface area contributed by atoms with Crippen LogP contribution in [0.5, 0.6) is 0 Å². The summed E-state index contributed by atoms with van der Waals surface area (Å²) < 4.78 is 9.49. The molecular formula is C25H26N10O4. The summed E-state index contributed by atoms with van der Waals surface area (Å²) in [6, 6.07) is 15.7. The molecule has 7 N–H and O–H groups in total. The predicted molar refractivity (Wildman–Crippen MR) is 138 cm³/mol. The molecule has 0 bridgehead atoms. The summed E-state index contributed by atoms with van der Waals surface area (Å²) in [6.07, 6.45) is 0.875.